The summed E-state index contributed by atoms with van der Waals surface area (Å²) in [7, 11) is 1.48. The fourth-order valence-corrected chi connectivity index (χ4v) is 3.48. The summed E-state index contributed by atoms with van der Waals surface area (Å²) in [4.78, 5) is 30.9. The normalized spacial score (nSPS) is 17.8. The van der Waals surface area contributed by atoms with Crippen molar-refractivity contribution >= 4 is 23.1 Å². The third-order valence-corrected chi connectivity index (χ3v) is 4.95. The van der Waals surface area contributed by atoms with Gasteiger partial charge in [-0.2, -0.15) is 0 Å². The fraction of sp³-hybridized carbons (Fsp3) is 0.0870. The summed E-state index contributed by atoms with van der Waals surface area (Å²) < 4.78 is 33.1. The molecule has 0 bridgehead atoms. The van der Waals surface area contributed by atoms with E-state index in [1.165, 1.54) is 25.4 Å². The topological polar surface area (TPSA) is 79.7 Å². The molecule has 4 rings (SSSR count). The number of aliphatic hydroxyl groups is 1. The molecule has 1 saturated heterocycles. The van der Waals surface area contributed by atoms with Crippen molar-refractivity contribution in [1.29, 1.82) is 0 Å². The number of hydrogen-bond acceptors (Lipinski definition) is 5. The number of carbonyl (C=O) groups excluding carboxylic acids is 2. The molecule has 0 radical (unpaired) electrons. The van der Waals surface area contributed by atoms with Crippen molar-refractivity contribution in [2.45, 2.75) is 6.04 Å². The van der Waals surface area contributed by atoms with Crippen LogP contribution in [0.25, 0.3) is 5.76 Å². The minimum atomic E-state index is -1.21. The van der Waals surface area contributed by atoms with E-state index in [-0.39, 0.29) is 22.5 Å². The lowest BCUT2D eigenvalue weighted by atomic mass is 9.98. The summed E-state index contributed by atoms with van der Waals surface area (Å²) in [6, 6.07) is 12.5. The van der Waals surface area contributed by atoms with Crippen LogP contribution in [0.15, 0.2) is 72.4 Å². The maximum atomic E-state index is 14.6. The molecule has 2 heterocycles. The molecule has 3 aromatic rings. The van der Waals surface area contributed by atoms with Crippen LogP contribution >= 0.6 is 0 Å². The van der Waals surface area contributed by atoms with E-state index in [9.17, 15) is 23.5 Å². The van der Waals surface area contributed by atoms with Crippen LogP contribution in [0.2, 0.25) is 0 Å². The van der Waals surface area contributed by atoms with Crippen molar-refractivity contribution in [3.8, 4) is 5.75 Å². The molecule has 1 amide bonds. The Hall–Kier alpha value is -4.07. The van der Waals surface area contributed by atoms with E-state index < -0.39 is 35.1 Å². The standard InChI is InChI=1S/C23H16F2N2O4/c1-31-15-8-5-13(6-9-15)21(28)19-20(17-4-2-3-11-26-17)27(23(30)22(19)29)18-10-7-14(24)12-16(18)25/h2-12,20,28H,1H3/b21-19+. The van der Waals surface area contributed by atoms with Gasteiger partial charge in [0.1, 0.15) is 29.2 Å². The molecule has 1 fully saturated rings. The van der Waals surface area contributed by atoms with Gasteiger partial charge >= 0.3 is 0 Å². The lowest BCUT2D eigenvalue weighted by Crippen LogP contribution is -2.30. The zero-order chi connectivity index (χ0) is 22.1. The van der Waals surface area contributed by atoms with Crippen molar-refractivity contribution < 1.29 is 28.2 Å². The predicted molar refractivity (Wildman–Crippen MR) is 108 cm³/mol. The van der Waals surface area contributed by atoms with Gasteiger partial charge in [0.15, 0.2) is 0 Å². The van der Waals surface area contributed by atoms with Crippen molar-refractivity contribution in [3.63, 3.8) is 0 Å². The van der Waals surface area contributed by atoms with Gasteiger partial charge in [-0.25, -0.2) is 8.78 Å². The number of amides is 1. The first kappa shape index (κ1) is 20.2. The quantitative estimate of drug-likeness (QED) is 0.391. The molecule has 1 aliphatic heterocycles. The minimum Gasteiger partial charge on any atom is -0.507 e. The molecule has 1 aromatic heterocycles. The Morgan fingerprint density at radius 2 is 1.81 bits per heavy atom. The molecule has 1 atom stereocenters. The maximum Gasteiger partial charge on any atom is 0.300 e. The summed E-state index contributed by atoms with van der Waals surface area (Å²) in [6.07, 6.45) is 1.45. The highest BCUT2D eigenvalue weighted by molar-refractivity contribution is 6.51. The van der Waals surface area contributed by atoms with Gasteiger partial charge in [-0.15, -0.1) is 0 Å². The first-order chi connectivity index (χ1) is 14.9. The zero-order valence-corrected chi connectivity index (χ0v) is 16.3. The van der Waals surface area contributed by atoms with Gasteiger partial charge in [-0.1, -0.05) is 6.07 Å². The van der Waals surface area contributed by atoms with Crippen LogP contribution in [-0.2, 0) is 9.59 Å². The number of aromatic nitrogens is 1. The number of halogens is 2. The van der Waals surface area contributed by atoms with E-state index in [0.717, 1.165) is 17.0 Å². The van der Waals surface area contributed by atoms with Gasteiger partial charge in [0, 0.05) is 17.8 Å². The van der Waals surface area contributed by atoms with Crippen molar-refractivity contribution in [2.75, 3.05) is 12.0 Å². The van der Waals surface area contributed by atoms with E-state index >= 15 is 0 Å². The first-order valence-corrected chi connectivity index (χ1v) is 9.23. The molecule has 0 aliphatic carbocycles. The van der Waals surface area contributed by atoms with Crippen molar-refractivity contribution in [2.24, 2.45) is 0 Å². The molecule has 6 nitrogen and oxygen atoms in total. The molecule has 2 aromatic carbocycles. The molecule has 156 valence electrons. The predicted octanol–water partition coefficient (Wildman–Crippen LogP) is 3.99. The number of methoxy groups -OCH3 is 1. The maximum absolute atomic E-state index is 14.6. The minimum absolute atomic E-state index is 0.237. The van der Waals surface area contributed by atoms with E-state index in [2.05, 4.69) is 4.98 Å². The van der Waals surface area contributed by atoms with Gasteiger partial charge in [0.25, 0.3) is 11.7 Å². The summed E-state index contributed by atoms with van der Waals surface area (Å²) in [6.45, 7) is 0. The van der Waals surface area contributed by atoms with Crippen molar-refractivity contribution in [3.05, 3.63) is 95.3 Å². The van der Waals surface area contributed by atoms with Gasteiger partial charge in [0.2, 0.25) is 0 Å². The molecule has 0 spiro atoms. The monoisotopic (exact) mass is 422 g/mol. The van der Waals surface area contributed by atoms with E-state index in [4.69, 9.17) is 4.74 Å². The van der Waals surface area contributed by atoms with Crippen molar-refractivity contribution in [1.82, 2.24) is 4.98 Å². The van der Waals surface area contributed by atoms with Gasteiger partial charge in [-0.3, -0.25) is 19.5 Å². The number of Topliss-reactive ketones (excluding diaryl/α,β-unsaturated/α-hetero) is 1. The van der Waals surface area contributed by atoms with Crippen LogP contribution < -0.4 is 9.64 Å². The summed E-state index contributed by atoms with van der Waals surface area (Å²) in [5.41, 5.74) is -0.0506. The molecule has 1 aliphatic rings. The molecule has 0 saturated carbocycles. The highest BCUT2D eigenvalue weighted by Gasteiger charge is 2.48. The molecular formula is C23H16F2N2O4. The lowest BCUT2D eigenvalue weighted by Gasteiger charge is -2.25. The molecular weight excluding hydrogens is 406 g/mol. The Balaban J connectivity index is 1.93. The first-order valence-electron chi connectivity index (χ1n) is 9.23. The number of nitrogens with zero attached hydrogens (tertiary/aromatic N) is 2. The Labute approximate surface area is 176 Å². The third kappa shape index (κ3) is 3.52. The number of ether oxygens (including phenoxy) is 1. The third-order valence-electron chi connectivity index (χ3n) is 4.95. The Kier molecular flexibility index (Phi) is 5.21. The van der Waals surface area contributed by atoms with Crippen LogP contribution in [0.3, 0.4) is 0 Å². The number of pyridine rings is 1. The fourth-order valence-electron chi connectivity index (χ4n) is 3.48. The van der Waals surface area contributed by atoms with Crippen LogP contribution in [0.4, 0.5) is 14.5 Å². The molecule has 8 heteroatoms. The largest absolute Gasteiger partial charge is 0.507 e. The zero-order valence-electron chi connectivity index (χ0n) is 16.3. The summed E-state index contributed by atoms with van der Waals surface area (Å²) in [5.74, 6) is -3.82. The van der Waals surface area contributed by atoms with E-state index in [1.54, 1.807) is 30.3 Å². The number of benzene rings is 2. The second kappa shape index (κ2) is 7.98. The average Bonchev–Trinajstić information content (AvgIpc) is 3.04. The second-order valence-electron chi connectivity index (χ2n) is 6.75. The highest BCUT2D eigenvalue weighted by atomic mass is 19.1. The van der Waals surface area contributed by atoms with Gasteiger partial charge < -0.3 is 9.84 Å². The Morgan fingerprint density at radius 3 is 2.42 bits per heavy atom. The number of aliphatic hydroxyl groups excluding tert-OH is 1. The van der Waals surface area contributed by atoms with Gasteiger partial charge in [-0.05, 0) is 48.5 Å². The Bertz CT molecular complexity index is 1190. The number of rotatable bonds is 4. The lowest BCUT2D eigenvalue weighted by molar-refractivity contribution is -0.132. The van der Waals surface area contributed by atoms with Crippen LogP contribution in [-0.4, -0.2) is 28.9 Å². The Morgan fingerprint density at radius 1 is 1.06 bits per heavy atom. The molecule has 1 unspecified atom stereocenters. The van der Waals surface area contributed by atoms with E-state index in [1.807, 2.05) is 0 Å². The number of ketones is 1. The van der Waals surface area contributed by atoms with E-state index in [0.29, 0.717) is 11.8 Å². The molecule has 31 heavy (non-hydrogen) atoms. The molecule has 1 N–H and O–H groups in total. The number of hydrogen-bond donors (Lipinski definition) is 1. The second-order valence-corrected chi connectivity index (χ2v) is 6.75. The summed E-state index contributed by atoms with van der Waals surface area (Å²) >= 11 is 0. The van der Waals surface area contributed by atoms with Gasteiger partial charge in [0.05, 0.1) is 24.1 Å². The SMILES string of the molecule is COc1ccc(/C(O)=C2\C(=O)C(=O)N(c3ccc(F)cc3F)C2c2ccccn2)cc1. The van der Waals surface area contributed by atoms with Crippen LogP contribution in [0, 0.1) is 11.6 Å². The number of carbonyl (C=O) groups is 2. The number of anilines is 1. The smallest absolute Gasteiger partial charge is 0.300 e. The van der Waals surface area contributed by atoms with Crippen LogP contribution in [0.5, 0.6) is 5.75 Å². The van der Waals surface area contributed by atoms with Crippen LogP contribution in [0.1, 0.15) is 17.3 Å². The summed E-state index contributed by atoms with van der Waals surface area (Å²) in [5, 5.41) is 10.9. The average molecular weight is 422 g/mol. The highest BCUT2D eigenvalue weighted by Crippen LogP contribution is 2.42.